The third kappa shape index (κ3) is 0.0298. The normalized spacial score (nSPS) is 147. The summed E-state index contributed by atoms with van der Waals surface area (Å²) in [6.07, 6.45) is 2.34. The van der Waals surface area contributed by atoms with Crippen LogP contribution >= 0.6 is 0 Å². The Labute approximate surface area is 69.3 Å². The molecular weight excluding hydrogens is 264 g/mol. The van der Waals surface area contributed by atoms with Crippen molar-refractivity contribution >= 4 is 0 Å². The van der Waals surface area contributed by atoms with Crippen molar-refractivity contribution in [1.29, 1.82) is 0 Å². The summed E-state index contributed by atoms with van der Waals surface area (Å²) in [5, 5.41) is 0. The minimum atomic E-state index is -3.73. The van der Waals surface area contributed by atoms with E-state index in [1.54, 1.807) is 0 Å². The summed E-state index contributed by atoms with van der Waals surface area (Å²) in [5.74, 6) is 0. The van der Waals surface area contributed by atoms with Gasteiger partial charge in [-0.25, -0.2) is 0 Å². The van der Waals surface area contributed by atoms with Gasteiger partial charge in [0.25, 0.3) is 0 Å². The molecule has 0 aromatic heterocycles. The summed E-state index contributed by atoms with van der Waals surface area (Å²) in [6, 6.07) is 0. The van der Waals surface area contributed by atoms with E-state index in [1.165, 1.54) is 0 Å². The Kier molecular flexibility index (Phi) is 0.0986. The molecule has 0 aromatic carbocycles. The number of fused-ring (bicyclic) bond motifs is 10. The van der Waals surface area contributed by atoms with Gasteiger partial charge >= 0.3 is 69.1 Å². The van der Waals surface area contributed by atoms with Crippen LogP contribution in [0.5, 0.6) is 0 Å². The fraction of sp³-hybridized carbons (Fsp3) is 0.833. The molecule has 10 aliphatic rings. The molecular formula is C12H11FRu. The topological polar surface area (TPSA) is 0 Å². The molecule has 10 heterocycles. The molecule has 0 N–H and O–H groups in total. The van der Waals surface area contributed by atoms with Crippen molar-refractivity contribution in [2.24, 2.45) is 0 Å². The maximum absolute atomic E-state index is 15.3. The maximum atomic E-state index is 15.3. The van der Waals surface area contributed by atoms with Gasteiger partial charge in [0.2, 0.25) is 0 Å². The van der Waals surface area contributed by atoms with Crippen LogP contribution in [0, 0.1) is 0 Å². The summed E-state index contributed by atoms with van der Waals surface area (Å²) in [7, 11) is -3.73. The third-order valence-corrected chi connectivity index (χ3v) is 81.5. The zero-order valence-corrected chi connectivity index (χ0v) is 9.37. The Hall–Kier alpha value is 0.293. The van der Waals surface area contributed by atoms with Crippen LogP contribution in [0.4, 0.5) is 4.39 Å². The van der Waals surface area contributed by atoms with Crippen molar-refractivity contribution in [3.63, 3.8) is 0 Å². The first kappa shape index (κ1) is 4.66. The van der Waals surface area contributed by atoms with Crippen molar-refractivity contribution in [2.45, 2.75) is 44.4 Å². The van der Waals surface area contributed by atoms with Crippen LogP contribution in [0.1, 0.15) is 0 Å². The summed E-state index contributed by atoms with van der Waals surface area (Å²) < 4.78 is 23.6. The van der Waals surface area contributed by atoms with Gasteiger partial charge in [-0.05, 0) is 0 Å². The number of hydrogen-bond acceptors (Lipinski definition) is 0. The Balaban J connectivity index is 2.06. The third-order valence-electron chi connectivity index (χ3n) is 15.1. The molecule has 10 rings (SSSR count). The second-order valence-electron chi connectivity index (χ2n) is 9.95. The van der Waals surface area contributed by atoms with Gasteiger partial charge in [0, 0.05) is 0 Å². The monoisotopic (exact) mass is 276 g/mol. The van der Waals surface area contributed by atoms with E-state index in [0.717, 1.165) is 36.1 Å². The average Bonchev–Trinajstić information content (AvgIpc) is 3.10. The number of halogens is 1. The van der Waals surface area contributed by atoms with E-state index in [9.17, 15) is 0 Å². The Morgan fingerprint density at radius 1 is 1.00 bits per heavy atom. The summed E-state index contributed by atoms with van der Waals surface area (Å²) in [4.78, 5) is 0. The van der Waals surface area contributed by atoms with Crippen molar-refractivity contribution in [1.82, 2.24) is 0 Å². The van der Waals surface area contributed by atoms with Crippen LogP contribution < -0.4 is 0 Å². The summed E-state index contributed by atoms with van der Waals surface area (Å²) >= 11 is 0. The molecule has 0 aliphatic carbocycles. The molecule has 0 nitrogen and oxygen atoms in total. The van der Waals surface area contributed by atoms with E-state index >= 15 is 4.39 Å². The van der Waals surface area contributed by atoms with E-state index in [0.29, 0.717) is 4.01 Å². The van der Waals surface area contributed by atoms with E-state index in [2.05, 4.69) is 12.7 Å². The van der Waals surface area contributed by atoms with Crippen molar-refractivity contribution < 1.29 is 12.1 Å². The SMILES string of the molecule is C=C[C]12[CH]3[CH]4[CH]5[CH]1[Ru]45321678[CH]2[CH]1[CH]6[C]7(F)[CH]28. The van der Waals surface area contributed by atoms with Gasteiger partial charge in [-0.15, -0.1) is 0 Å². The zero-order valence-electron chi connectivity index (χ0n) is 7.63. The molecule has 10 aliphatic heterocycles. The molecule has 0 radical (unpaired) electrons. The van der Waals surface area contributed by atoms with Gasteiger partial charge < -0.3 is 0 Å². The predicted molar refractivity (Wildman–Crippen MR) is 46.7 cm³/mol. The molecule has 8 unspecified atom stereocenters. The number of alkyl halides is 1. The van der Waals surface area contributed by atoms with Crippen LogP contribution in [0.3, 0.4) is 0 Å². The predicted octanol–water partition coefficient (Wildman–Crippen LogP) is 3.81. The molecule has 0 amide bonds. The first-order chi connectivity index (χ1) is 6.49. The van der Waals surface area contributed by atoms with Crippen LogP contribution in [0.25, 0.3) is 0 Å². The zero-order chi connectivity index (χ0) is 8.64. The van der Waals surface area contributed by atoms with Gasteiger partial charge in [-0.2, -0.15) is 0 Å². The Bertz CT molecular complexity index is 951. The first-order valence-corrected chi connectivity index (χ1v) is 15.8. The molecule has 1 spiro atoms. The number of rotatable bonds is 1. The first-order valence-electron chi connectivity index (χ1n) is 6.03. The quantitative estimate of drug-likeness (QED) is 0.504. The molecule has 10 fully saturated rings. The van der Waals surface area contributed by atoms with Crippen LogP contribution in [-0.4, -0.2) is 4.26 Å². The van der Waals surface area contributed by atoms with Crippen molar-refractivity contribution in [3.05, 3.63) is 12.7 Å². The Morgan fingerprint density at radius 3 is 1.57 bits per heavy atom. The molecule has 0 saturated carbocycles. The molecule has 0 bridgehead atoms. The molecule has 2 heteroatoms. The fourth-order valence-electron chi connectivity index (χ4n) is 17.0. The van der Waals surface area contributed by atoms with Crippen LogP contribution in [-0.2, 0) is 7.72 Å². The second-order valence-corrected chi connectivity index (χ2v) is 46.4. The molecule has 74 valence electrons. The van der Waals surface area contributed by atoms with Gasteiger partial charge in [-0.1, -0.05) is 0 Å². The minimum absolute atomic E-state index is 0.396. The van der Waals surface area contributed by atoms with Gasteiger partial charge in [0.15, 0.2) is 0 Å². The second kappa shape index (κ2) is 0.297. The van der Waals surface area contributed by atoms with Gasteiger partial charge in [-0.3, -0.25) is 0 Å². The number of hydrogen-bond donors (Lipinski definition) is 0. The van der Waals surface area contributed by atoms with E-state index < -0.39 is 12.0 Å². The molecule has 8 atom stereocenters. The van der Waals surface area contributed by atoms with Gasteiger partial charge in [0.1, 0.15) is 0 Å². The van der Waals surface area contributed by atoms with E-state index in [1.807, 2.05) is 0 Å². The molecule has 0 aromatic rings. The van der Waals surface area contributed by atoms with E-state index in [4.69, 9.17) is 0 Å². The van der Waals surface area contributed by atoms with Crippen molar-refractivity contribution in [2.75, 3.05) is 0 Å². The summed E-state index contributed by atoms with van der Waals surface area (Å²) in [6.45, 7) is 4.16. The fourth-order valence-corrected chi connectivity index (χ4v) is 148. The molecule has 10 saturated heterocycles. The Morgan fingerprint density at radius 2 is 1.50 bits per heavy atom. The number of allylic oxidation sites excluding steroid dienone is 1. The van der Waals surface area contributed by atoms with Gasteiger partial charge in [0.05, 0.1) is 0 Å². The van der Waals surface area contributed by atoms with Crippen LogP contribution in [0.15, 0.2) is 12.7 Å². The summed E-state index contributed by atoms with van der Waals surface area (Å²) in [5.41, 5.74) is 0. The van der Waals surface area contributed by atoms with Crippen LogP contribution in [0.2, 0.25) is 40.1 Å². The molecule has 14 heavy (non-hydrogen) atoms. The standard InChI is InChI=1S/C7H7.C5H4F.Ru/c1-2-7-5-3-4-6-7;6-5-3-1-2-4-5;/h2-6H,1H2;1-4H;. The van der Waals surface area contributed by atoms with Crippen molar-refractivity contribution in [3.8, 4) is 0 Å². The average molecular weight is 275 g/mol. The van der Waals surface area contributed by atoms with E-state index in [-0.39, 0.29) is 0 Å².